The molecule has 0 amide bonds. The van der Waals surface area contributed by atoms with Crippen LogP contribution in [0.2, 0.25) is 0 Å². The van der Waals surface area contributed by atoms with Gasteiger partial charge in [0, 0.05) is 19.3 Å². The van der Waals surface area contributed by atoms with E-state index in [1.165, 1.54) is 22.7 Å². The fraction of sp³-hybridized carbons (Fsp3) is 0.385. The molecule has 1 aromatic carbocycles. The summed E-state index contributed by atoms with van der Waals surface area (Å²) in [5.74, 6) is 1.83. The number of benzene rings is 1. The van der Waals surface area contributed by atoms with Crippen molar-refractivity contribution in [3.63, 3.8) is 0 Å². The molecule has 0 saturated carbocycles. The molecule has 1 heterocycles. The zero-order chi connectivity index (χ0) is 12.8. The Bertz CT molecular complexity index is 499. The van der Waals surface area contributed by atoms with E-state index in [0.717, 1.165) is 22.3 Å². The predicted octanol–water partition coefficient (Wildman–Crippen LogP) is 3.33. The standard InChI is InChI=1S/C13H16N2OS2/c1-10-5-3-4-6-11(10)9-17-13-14-12(15-18-13)7-8-16-2/h3-6H,7-9H2,1-2H3. The molecular formula is C13H16N2OS2. The smallest absolute Gasteiger partial charge is 0.170 e. The van der Waals surface area contributed by atoms with E-state index in [-0.39, 0.29) is 0 Å². The van der Waals surface area contributed by atoms with Gasteiger partial charge in [0.05, 0.1) is 6.61 Å². The van der Waals surface area contributed by atoms with Crippen molar-refractivity contribution in [2.24, 2.45) is 0 Å². The molecule has 0 atom stereocenters. The number of nitrogens with zero attached hydrogens (tertiary/aromatic N) is 2. The summed E-state index contributed by atoms with van der Waals surface area (Å²) in [7, 11) is 1.69. The lowest BCUT2D eigenvalue weighted by Gasteiger charge is -2.02. The third-order valence-electron chi connectivity index (χ3n) is 2.59. The molecule has 3 nitrogen and oxygen atoms in total. The molecule has 1 aromatic heterocycles. The minimum Gasteiger partial charge on any atom is -0.384 e. The molecule has 0 bridgehead atoms. The maximum atomic E-state index is 5.02. The monoisotopic (exact) mass is 280 g/mol. The van der Waals surface area contributed by atoms with Gasteiger partial charge in [0.15, 0.2) is 4.34 Å². The second-order valence-corrected chi connectivity index (χ2v) is 5.91. The summed E-state index contributed by atoms with van der Waals surface area (Å²) in [5, 5.41) is 0. The molecule has 18 heavy (non-hydrogen) atoms. The first kappa shape index (κ1) is 13.5. The van der Waals surface area contributed by atoms with Crippen molar-refractivity contribution in [2.75, 3.05) is 13.7 Å². The van der Waals surface area contributed by atoms with Crippen LogP contribution >= 0.6 is 23.3 Å². The zero-order valence-electron chi connectivity index (χ0n) is 10.5. The Labute approximate surface area is 116 Å². The Morgan fingerprint density at radius 2 is 2.17 bits per heavy atom. The van der Waals surface area contributed by atoms with E-state index in [2.05, 4.69) is 40.5 Å². The Kier molecular flexibility index (Phi) is 5.16. The van der Waals surface area contributed by atoms with Gasteiger partial charge in [0.25, 0.3) is 0 Å². The van der Waals surface area contributed by atoms with Gasteiger partial charge >= 0.3 is 0 Å². The minimum atomic E-state index is 0.679. The summed E-state index contributed by atoms with van der Waals surface area (Å²) in [4.78, 5) is 4.48. The van der Waals surface area contributed by atoms with Crippen molar-refractivity contribution in [3.05, 3.63) is 41.2 Å². The number of rotatable bonds is 6. The largest absolute Gasteiger partial charge is 0.384 e. The molecule has 2 rings (SSSR count). The van der Waals surface area contributed by atoms with Crippen molar-refractivity contribution in [1.82, 2.24) is 9.36 Å². The normalized spacial score (nSPS) is 10.8. The highest BCUT2D eigenvalue weighted by Crippen LogP contribution is 2.25. The number of thioether (sulfide) groups is 1. The molecule has 96 valence electrons. The molecule has 0 radical (unpaired) electrons. The van der Waals surface area contributed by atoms with Crippen molar-refractivity contribution >= 4 is 23.3 Å². The summed E-state index contributed by atoms with van der Waals surface area (Å²) in [6, 6.07) is 8.44. The molecule has 0 N–H and O–H groups in total. The zero-order valence-corrected chi connectivity index (χ0v) is 12.2. The number of ether oxygens (including phenoxy) is 1. The molecule has 0 spiro atoms. The summed E-state index contributed by atoms with van der Waals surface area (Å²) in [6.45, 7) is 2.82. The first-order valence-electron chi connectivity index (χ1n) is 5.78. The van der Waals surface area contributed by atoms with Gasteiger partial charge in [-0.2, -0.15) is 4.37 Å². The summed E-state index contributed by atoms with van der Waals surface area (Å²) < 4.78 is 10.4. The quantitative estimate of drug-likeness (QED) is 0.760. The number of hydrogen-bond donors (Lipinski definition) is 0. The van der Waals surface area contributed by atoms with E-state index in [1.807, 2.05) is 0 Å². The average molecular weight is 280 g/mol. The summed E-state index contributed by atoms with van der Waals surface area (Å²) >= 11 is 3.22. The summed E-state index contributed by atoms with van der Waals surface area (Å²) in [6.07, 6.45) is 0.790. The average Bonchev–Trinajstić information content (AvgIpc) is 2.83. The highest BCUT2D eigenvalue weighted by molar-refractivity contribution is 8.00. The van der Waals surface area contributed by atoms with Gasteiger partial charge < -0.3 is 4.74 Å². The lowest BCUT2D eigenvalue weighted by atomic mass is 10.1. The van der Waals surface area contributed by atoms with Crippen molar-refractivity contribution < 1.29 is 4.74 Å². The van der Waals surface area contributed by atoms with E-state index >= 15 is 0 Å². The van der Waals surface area contributed by atoms with Crippen LogP contribution in [0.25, 0.3) is 0 Å². The van der Waals surface area contributed by atoms with Gasteiger partial charge in [-0.1, -0.05) is 36.0 Å². The summed E-state index contributed by atoms with van der Waals surface area (Å²) in [5.41, 5.74) is 2.69. The molecule has 0 aliphatic carbocycles. The third-order valence-corrected chi connectivity index (χ3v) is 4.51. The van der Waals surface area contributed by atoms with Crippen LogP contribution in [0.3, 0.4) is 0 Å². The number of methoxy groups -OCH3 is 1. The Hall–Kier alpha value is -0.910. The maximum absolute atomic E-state index is 5.02. The van der Waals surface area contributed by atoms with Crippen LogP contribution < -0.4 is 0 Å². The molecule has 5 heteroatoms. The molecule has 0 fully saturated rings. The molecule has 0 saturated heterocycles. The Morgan fingerprint density at radius 3 is 2.94 bits per heavy atom. The van der Waals surface area contributed by atoms with Crippen LogP contribution in [0.4, 0.5) is 0 Å². The van der Waals surface area contributed by atoms with Crippen LogP contribution in [-0.2, 0) is 16.9 Å². The number of hydrogen-bond acceptors (Lipinski definition) is 5. The van der Waals surface area contributed by atoms with Gasteiger partial charge in [0.1, 0.15) is 5.82 Å². The van der Waals surface area contributed by atoms with Crippen LogP contribution in [0.1, 0.15) is 17.0 Å². The first-order chi connectivity index (χ1) is 8.79. The Morgan fingerprint density at radius 1 is 1.33 bits per heavy atom. The van der Waals surface area contributed by atoms with Crippen LogP contribution in [0, 0.1) is 6.92 Å². The topological polar surface area (TPSA) is 35.0 Å². The van der Waals surface area contributed by atoms with E-state index in [4.69, 9.17) is 4.74 Å². The third kappa shape index (κ3) is 3.80. The lowest BCUT2D eigenvalue weighted by Crippen LogP contribution is -1.95. The van der Waals surface area contributed by atoms with Crippen LogP contribution in [-0.4, -0.2) is 23.1 Å². The SMILES string of the molecule is COCCc1nsc(SCc2ccccc2C)n1. The first-order valence-corrected chi connectivity index (χ1v) is 7.54. The lowest BCUT2D eigenvalue weighted by molar-refractivity contribution is 0.200. The fourth-order valence-corrected chi connectivity index (χ4v) is 3.24. The van der Waals surface area contributed by atoms with Gasteiger partial charge in [-0.25, -0.2) is 4.98 Å². The second-order valence-electron chi connectivity index (χ2n) is 3.93. The van der Waals surface area contributed by atoms with Crippen molar-refractivity contribution in [3.8, 4) is 0 Å². The van der Waals surface area contributed by atoms with Crippen molar-refractivity contribution in [2.45, 2.75) is 23.4 Å². The molecule has 0 unspecified atom stereocenters. The molecule has 0 aliphatic rings. The van der Waals surface area contributed by atoms with E-state index in [0.29, 0.717) is 6.61 Å². The highest BCUT2D eigenvalue weighted by Gasteiger charge is 2.05. The van der Waals surface area contributed by atoms with Crippen LogP contribution in [0.15, 0.2) is 28.6 Å². The van der Waals surface area contributed by atoms with E-state index < -0.39 is 0 Å². The molecule has 0 aliphatic heterocycles. The minimum absolute atomic E-state index is 0.679. The van der Waals surface area contributed by atoms with E-state index in [9.17, 15) is 0 Å². The Balaban J connectivity index is 1.90. The molecular weight excluding hydrogens is 264 g/mol. The highest BCUT2D eigenvalue weighted by atomic mass is 32.2. The van der Waals surface area contributed by atoms with Gasteiger partial charge in [-0.3, -0.25) is 0 Å². The van der Waals surface area contributed by atoms with Gasteiger partial charge in [-0.15, -0.1) is 0 Å². The van der Waals surface area contributed by atoms with Crippen molar-refractivity contribution in [1.29, 1.82) is 0 Å². The number of aryl methyl sites for hydroxylation is 1. The van der Waals surface area contributed by atoms with Gasteiger partial charge in [-0.05, 0) is 29.6 Å². The maximum Gasteiger partial charge on any atom is 0.170 e. The second kappa shape index (κ2) is 6.87. The van der Waals surface area contributed by atoms with Crippen LogP contribution in [0.5, 0.6) is 0 Å². The predicted molar refractivity (Wildman–Crippen MR) is 76.2 cm³/mol. The van der Waals surface area contributed by atoms with Gasteiger partial charge in [0.2, 0.25) is 0 Å². The number of aromatic nitrogens is 2. The van der Waals surface area contributed by atoms with E-state index in [1.54, 1.807) is 18.9 Å². The fourth-order valence-electron chi connectivity index (χ4n) is 1.50. The molecule has 2 aromatic rings.